The lowest BCUT2D eigenvalue weighted by atomic mass is 9.92. The summed E-state index contributed by atoms with van der Waals surface area (Å²) in [6, 6.07) is 11.7. The second kappa shape index (κ2) is 4.89. The van der Waals surface area contributed by atoms with Gasteiger partial charge in [-0.15, -0.1) is 11.3 Å². The van der Waals surface area contributed by atoms with E-state index >= 15 is 0 Å². The van der Waals surface area contributed by atoms with Crippen molar-refractivity contribution in [2.45, 2.75) is 51.1 Å². The van der Waals surface area contributed by atoms with Crippen LogP contribution in [0.25, 0.3) is 10.2 Å². The Labute approximate surface area is 147 Å². The molecule has 1 aromatic carbocycles. The molecule has 1 atom stereocenters. The van der Waals surface area contributed by atoms with Crippen LogP contribution in [0.3, 0.4) is 0 Å². The van der Waals surface area contributed by atoms with Gasteiger partial charge in [0.25, 0.3) is 0 Å². The molecule has 5 rings (SSSR count). The first-order valence-corrected chi connectivity index (χ1v) is 9.94. The van der Waals surface area contributed by atoms with Gasteiger partial charge in [-0.2, -0.15) is 0 Å². The van der Waals surface area contributed by atoms with Crippen LogP contribution in [0.5, 0.6) is 0 Å². The molecule has 2 aromatic heterocycles. The van der Waals surface area contributed by atoms with Gasteiger partial charge < -0.3 is 9.47 Å². The minimum Gasteiger partial charge on any atom is -0.353 e. The molecule has 1 unspecified atom stereocenters. The van der Waals surface area contributed by atoms with E-state index in [-0.39, 0.29) is 5.54 Å². The second-order valence-corrected chi connectivity index (χ2v) is 8.44. The van der Waals surface area contributed by atoms with Gasteiger partial charge >= 0.3 is 0 Å². The number of nitrogens with zero attached hydrogens (tertiary/aromatic N) is 2. The molecule has 1 spiro atoms. The molecule has 2 nitrogen and oxygen atoms in total. The van der Waals surface area contributed by atoms with Crippen molar-refractivity contribution < 1.29 is 0 Å². The summed E-state index contributed by atoms with van der Waals surface area (Å²) in [5.74, 6) is 0. The van der Waals surface area contributed by atoms with Crippen LogP contribution in [0, 0.1) is 6.92 Å². The fraction of sp³-hybridized carbons (Fsp3) is 0.429. The van der Waals surface area contributed by atoms with E-state index < -0.39 is 0 Å². The van der Waals surface area contributed by atoms with Crippen LogP contribution < -0.4 is 4.90 Å². The van der Waals surface area contributed by atoms with E-state index in [1.165, 1.54) is 47.2 Å². The lowest BCUT2D eigenvalue weighted by Gasteiger charge is -2.41. The minimum atomic E-state index is 0.189. The lowest BCUT2D eigenvalue weighted by molar-refractivity contribution is 0.398. The number of anilines is 1. The average Bonchev–Trinajstić information content (AvgIpc) is 3.30. The van der Waals surface area contributed by atoms with Gasteiger partial charge in [0, 0.05) is 18.3 Å². The molecule has 1 fully saturated rings. The number of para-hydroxylation sites is 1. The summed E-state index contributed by atoms with van der Waals surface area (Å²) >= 11 is 1.91. The number of hydrogen-bond donors (Lipinski definition) is 0. The van der Waals surface area contributed by atoms with E-state index in [2.05, 4.69) is 66.1 Å². The van der Waals surface area contributed by atoms with Crippen LogP contribution in [0.4, 0.5) is 5.69 Å². The average molecular weight is 337 g/mol. The Balaban J connectivity index is 1.82. The summed E-state index contributed by atoms with van der Waals surface area (Å²) in [6.45, 7) is 4.67. The maximum absolute atomic E-state index is 2.76. The Kier molecular flexibility index (Phi) is 2.97. The number of hydrogen-bond acceptors (Lipinski definition) is 2. The van der Waals surface area contributed by atoms with Gasteiger partial charge in [-0.25, -0.2) is 0 Å². The fourth-order valence-electron chi connectivity index (χ4n) is 5.45. The molecule has 3 aromatic rings. The number of rotatable bonds is 1. The van der Waals surface area contributed by atoms with Crippen molar-refractivity contribution in [1.82, 2.24) is 4.57 Å². The Morgan fingerprint density at radius 3 is 2.62 bits per heavy atom. The molecule has 124 valence electrons. The van der Waals surface area contributed by atoms with Crippen molar-refractivity contribution in [1.29, 1.82) is 0 Å². The highest BCUT2D eigenvalue weighted by Crippen LogP contribution is 2.59. The van der Waals surface area contributed by atoms with Crippen LogP contribution in [0.2, 0.25) is 0 Å². The van der Waals surface area contributed by atoms with Crippen LogP contribution >= 0.6 is 11.3 Å². The predicted molar refractivity (Wildman–Crippen MR) is 103 cm³/mol. The second-order valence-electron chi connectivity index (χ2n) is 7.53. The molecule has 0 saturated heterocycles. The zero-order valence-corrected chi connectivity index (χ0v) is 15.5. The summed E-state index contributed by atoms with van der Waals surface area (Å²) < 4.78 is 4.00. The molecule has 1 aliphatic heterocycles. The van der Waals surface area contributed by atoms with Crippen molar-refractivity contribution in [3.63, 3.8) is 0 Å². The minimum absolute atomic E-state index is 0.189. The number of fused-ring (bicyclic) bond motifs is 4. The molecule has 24 heavy (non-hydrogen) atoms. The highest BCUT2D eigenvalue weighted by molar-refractivity contribution is 7.17. The van der Waals surface area contributed by atoms with E-state index in [0.717, 1.165) is 0 Å². The molecular formula is C21H24N2S. The summed E-state index contributed by atoms with van der Waals surface area (Å²) in [5, 5.41) is 2.25. The topological polar surface area (TPSA) is 8.17 Å². The fourth-order valence-corrected chi connectivity index (χ4v) is 6.50. The first-order chi connectivity index (χ1) is 11.6. The summed E-state index contributed by atoms with van der Waals surface area (Å²) in [7, 11) is 2.28. The molecule has 3 heterocycles. The van der Waals surface area contributed by atoms with Crippen molar-refractivity contribution in [3.8, 4) is 0 Å². The molecular weight excluding hydrogens is 312 g/mol. The van der Waals surface area contributed by atoms with Crippen LogP contribution in [0.15, 0.2) is 35.7 Å². The highest BCUT2D eigenvalue weighted by atomic mass is 32.1. The third-order valence-electron chi connectivity index (χ3n) is 6.35. The Morgan fingerprint density at radius 1 is 1.12 bits per heavy atom. The van der Waals surface area contributed by atoms with Crippen LogP contribution in [-0.4, -0.2) is 4.57 Å². The van der Waals surface area contributed by atoms with E-state index in [0.29, 0.717) is 6.04 Å². The van der Waals surface area contributed by atoms with E-state index in [4.69, 9.17) is 0 Å². The summed E-state index contributed by atoms with van der Waals surface area (Å²) in [4.78, 5) is 2.76. The van der Waals surface area contributed by atoms with Crippen molar-refractivity contribution >= 4 is 27.2 Å². The van der Waals surface area contributed by atoms with Crippen molar-refractivity contribution in [3.05, 3.63) is 52.5 Å². The van der Waals surface area contributed by atoms with Gasteiger partial charge in [0.05, 0.1) is 27.5 Å². The predicted octanol–water partition coefficient (Wildman–Crippen LogP) is 5.90. The Morgan fingerprint density at radius 2 is 1.88 bits per heavy atom. The highest BCUT2D eigenvalue weighted by Gasteiger charge is 2.53. The quantitative estimate of drug-likeness (QED) is 0.537. The standard InChI is InChI=1S/C21H24N2S/c1-14-8-4-5-9-16(14)23-15(2)18-19-17(10-13-24-19)22(3)20(18)21(23)11-6-7-12-21/h4-5,8-10,13,15H,6-7,11-12H2,1-3H3. The zero-order chi connectivity index (χ0) is 16.5. The monoisotopic (exact) mass is 336 g/mol. The van der Waals surface area contributed by atoms with Crippen molar-refractivity contribution in [2.75, 3.05) is 4.90 Å². The van der Waals surface area contributed by atoms with E-state index in [1.807, 2.05) is 11.3 Å². The molecule has 0 amide bonds. The maximum Gasteiger partial charge on any atom is 0.0814 e. The number of aryl methyl sites for hydroxylation is 2. The van der Waals surface area contributed by atoms with Gasteiger partial charge in [0.15, 0.2) is 0 Å². The SMILES string of the molecule is Cc1ccccc1N1C(C)c2c(n(C)c3ccsc23)C12CCCC2. The third-order valence-corrected chi connectivity index (χ3v) is 7.29. The molecule has 3 heteroatoms. The Hall–Kier alpha value is -1.74. The van der Waals surface area contributed by atoms with Gasteiger partial charge in [-0.1, -0.05) is 31.0 Å². The summed E-state index contributed by atoms with van der Waals surface area (Å²) in [5.41, 5.74) is 7.62. The maximum atomic E-state index is 2.76. The first-order valence-electron chi connectivity index (χ1n) is 9.06. The van der Waals surface area contributed by atoms with Crippen molar-refractivity contribution in [2.24, 2.45) is 7.05 Å². The number of aromatic nitrogens is 1. The van der Waals surface area contributed by atoms with E-state index in [9.17, 15) is 0 Å². The van der Waals surface area contributed by atoms with Gasteiger partial charge in [-0.05, 0) is 49.8 Å². The largest absolute Gasteiger partial charge is 0.353 e. The first kappa shape index (κ1) is 14.6. The van der Waals surface area contributed by atoms with Gasteiger partial charge in [0.2, 0.25) is 0 Å². The zero-order valence-electron chi connectivity index (χ0n) is 14.7. The molecule has 2 aliphatic rings. The van der Waals surface area contributed by atoms with E-state index in [1.54, 1.807) is 11.3 Å². The molecule has 0 bridgehead atoms. The van der Waals surface area contributed by atoms with Crippen LogP contribution in [0.1, 0.15) is 55.5 Å². The van der Waals surface area contributed by atoms with Gasteiger partial charge in [-0.3, -0.25) is 0 Å². The smallest absolute Gasteiger partial charge is 0.0814 e. The molecule has 0 N–H and O–H groups in total. The van der Waals surface area contributed by atoms with Gasteiger partial charge in [0.1, 0.15) is 0 Å². The van der Waals surface area contributed by atoms with Crippen LogP contribution in [-0.2, 0) is 12.6 Å². The number of thiophene rings is 1. The number of benzene rings is 1. The molecule has 1 saturated carbocycles. The Bertz CT molecular complexity index is 927. The molecule has 0 radical (unpaired) electrons. The normalized spacial score (nSPS) is 22.0. The summed E-state index contributed by atoms with van der Waals surface area (Å²) in [6.07, 6.45) is 5.24. The lowest BCUT2D eigenvalue weighted by Crippen LogP contribution is -2.41. The third kappa shape index (κ3) is 1.61. The molecule has 1 aliphatic carbocycles.